The number of hydrogen-bond donors (Lipinski definition) is 0. The van der Waals surface area contributed by atoms with Crippen molar-refractivity contribution in [1.29, 1.82) is 0 Å². The Morgan fingerprint density at radius 3 is 2.70 bits per heavy atom. The smallest absolute Gasteiger partial charge is 0.271 e. The Morgan fingerprint density at radius 1 is 1.25 bits per heavy atom. The Kier molecular flexibility index (Phi) is 3.40. The van der Waals surface area contributed by atoms with Crippen LogP contribution in [0.1, 0.15) is 13.8 Å². The van der Waals surface area contributed by atoms with Crippen molar-refractivity contribution in [3.05, 3.63) is 52.4 Å². The maximum atomic E-state index is 12.4. The second-order valence-corrected chi connectivity index (χ2v) is 6.17. The highest BCUT2D eigenvalue weighted by molar-refractivity contribution is 7.17. The van der Waals surface area contributed by atoms with Crippen molar-refractivity contribution in [3.63, 3.8) is 0 Å². The van der Waals surface area contributed by atoms with Gasteiger partial charge in [-0.2, -0.15) is 0 Å². The summed E-state index contributed by atoms with van der Waals surface area (Å²) in [6.45, 7) is 4.90. The first kappa shape index (κ1) is 13.1. The predicted octanol–water partition coefficient (Wildman–Crippen LogP) is 3.78. The third kappa shape index (κ3) is 2.27. The van der Waals surface area contributed by atoms with Crippen molar-refractivity contribution in [1.82, 2.24) is 9.55 Å². The van der Waals surface area contributed by atoms with Crippen molar-refractivity contribution in [2.24, 2.45) is 5.92 Å². The average molecular weight is 284 g/mol. The van der Waals surface area contributed by atoms with Crippen LogP contribution in [0.2, 0.25) is 0 Å². The molecule has 4 heteroatoms. The molecule has 0 aliphatic carbocycles. The molecular formula is C16H16N2OS. The second-order valence-electron chi connectivity index (χ2n) is 5.29. The van der Waals surface area contributed by atoms with Crippen molar-refractivity contribution in [2.45, 2.75) is 20.4 Å². The van der Waals surface area contributed by atoms with Crippen LogP contribution >= 0.6 is 11.3 Å². The van der Waals surface area contributed by atoms with Crippen molar-refractivity contribution >= 4 is 21.6 Å². The van der Waals surface area contributed by atoms with Crippen LogP contribution in [0.25, 0.3) is 21.3 Å². The van der Waals surface area contributed by atoms with Crippen molar-refractivity contribution in [2.75, 3.05) is 0 Å². The minimum absolute atomic E-state index is 0.0656. The molecule has 0 unspecified atom stereocenters. The number of nitrogens with zero attached hydrogens (tertiary/aromatic N) is 2. The lowest BCUT2D eigenvalue weighted by Gasteiger charge is -2.07. The van der Waals surface area contributed by atoms with Crippen LogP contribution in [0, 0.1) is 5.92 Å². The summed E-state index contributed by atoms with van der Waals surface area (Å²) in [5, 5.41) is 2.02. The van der Waals surface area contributed by atoms with Crippen LogP contribution in [-0.2, 0) is 6.54 Å². The Morgan fingerprint density at radius 2 is 2.00 bits per heavy atom. The first-order valence-electron chi connectivity index (χ1n) is 6.69. The Hall–Kier alpha value is -1.94. The van der Waals surface area contributed by atoms with Crippen LogP contribution in [0.5, 0.6) is 0 Å². The van der Waals surface area contributed by atoms with Crippen LogP contribution in [-0.4, -0.2) is 9.55 Å². The van der Waals surface area contributed by atoms with Crippen LogP contribution in [0.15, 0.2) is 46.8 Å². The fourth-order valence-electron chi connectivity index (χ4n) is 2.29. The molecule has 0 spiro atoms. The van der Waals surface area contributed by atoms with Gasteiger partial charge in [-0.1, -0.05) is 44.2 Å². The van der Waals surface area contributed by atoms with E-state index in [1.165, 1.54) is 11.3 Å². The summed E-state index contributed by atoms with van der Waals surface area (Å²) < 4.78 is 2.45. The van der Waals surface area contributed by atoms with E-state index in [-0.39, 0.29) is 5.56 Å². The molecule has 0 fully saturated rings. The summed E-state index contributed by atoms with van der Waals surface area (Å²) in [5.74, 6) is 0.431. The van der Waals surface area contributed by atoms with Gasteiger partial charge in [0.2, 0.25) is 0 Å². The van der Waals surface area contributed by atoms with Gasteiger partial charge in [-0.25, -0.2) is 4.98 Å². The highest BCUT2D eigenvalue weighted by atomic mass is 32.1. The number of thiophene rings is 1. The van der Waals surface area contributed by atoms with E-state index in [9.17, 15) is 4.79 Å². The molecule has 0 saturated carbocycles. The lowest BCUT2D eigenvalue weighted by molar-refractivity contribution is 0.509. The molecule has 3 aromatic rings. The van der Waals surface area contributed by atoms with Gasteiger partial charge in [-0.3, -0.25) is 9.36 Å². The molecule has 102 valence electrons. The Balaban J connectivity index is 2.16. The lowest BCUT2D eigenvalue weighted by Crippen LogP contribution is -2.22. The molecule has 0 bridgehead atoms. The second kappa shape index (κ2) is 5.21. The number of hydrogen-bond acceptors (Lipinski definition) is 3. The van der Waals surface area contributed by atoms with Gasteiger partial charge in [-0.05, 0) is 11.5 Å². The SMILES string of the molecule is CC(C)Cn1cnc2c(-c3ccccc3)csc2c1=O. The molecule has 0 aliphatic heterocycles. The van der Waals surface area contributed by atoms with Gasteiger partial charge in [0, 0.05) is 17.5 Å². The van der Waals surface area contributed by atoms with E-state index in [2.05, 4.69) is 18.8 Å². The fraction of sp³-hybridized carbons (Fsp3) is 0.250. The zero-order chi connectivity index (χ0) is 14.1. The van der Waals surface area contributed by atoms with Crippen LogP contribution in [0.4, 0.5) is 0 Å². The van der Waals surface area contributed by atoms with Crippen LogP contribution < -0.4 is 5.56 Å². The quantitative estimate of drug-likeness (QED) is 0.733. The monoisotopic (exact) mass is 284 g/mol. The van der Waals surface area contributed by atoms with E-state index < -0.39 is 0 Å². The summed E-state index contributed by atoms with van der Waals surface area (Å²) in [5.41, 5.74) is 3.02. The molecule has 3 rings (SSSR count). The van der Waals surface area contributed by atoms with E-state index in [4.69, 9.17) is 0 Å². The predicted molar refractivity (Wildman–Crippen MR) is 84.2 cm³/mol. The van der Waals surface area contributed by atoms with Crippen LogP contribution in [0.3, 0.4) is 0 Å². The molecule has 0 atom stereocenters. The molecule has 2 aromatic heterocycles. The maximum Gasteiger partial charge on any atom is 0.271 e. The molecule has 0 saturated heterocycles. The summed E-state index contributed by atoms with van der Waals surface area (Å²) in [7, 11) is 0. The standard InChI is InChI=1S/C16H16N2OS/c1-11(2)8-18-10-17-14-13(9-20-15(14)16(18)19)12-6-4-3-5-7-12/h3-7,9-11H,8H2,1-2H3. The number of fused-ring (bicyclic) bond motifs is 1. The molecule has 20 heavy (non-hydrogen) atoms. The first-order chi connectivity index (χ1) is 9.66. The minimum Gasteiger partial charge on any atom is -0.298 e. The zero-order valence-electron chi connectivity index (χ0n) is 11.5. The molecule has 0 aliphatic rings. The third-order valence-corrected chi connectivity index (χ3v) is 4.15. The topological polar surface area (TPSA) is 34.9 Å². The molecule has 3 nitrogen and oxygen atoms in total. The zero-order valence-corrected chi connectivity index (χ0v) is 12.4. The highest BCUT2D eigenvalue weighted by Gasteiger charge is 2.12. The van der Waals surface area contributed by atoms with Gasteiger partial charge in [-0.15, -0.1) is 11.3 Å². The number of benzene rings is 1. The lowest BCUT2D eigenvalue weighted by atomic mass is 10.1. The van der Waals surface area contributed by atoms with Gasteiger partial charge in [0.15, 0.2) is 0 Å². The number of aromatic nitrogens is 2. The summed E-state index contributed by atoms with van der Waals surface area (Å²) in [6.07, 6.45) is 1.67. The summed E-state index contributed by atoms with van der Waals surface area (Å²) >= 11 is 1.48. The van der Waals surface area contributed by atoms with Gasteiger partial charge < -0.3 is 0 Å². The summed E-state index contributed by atoms with van der Waals surface area (Å²) in [6, 6.07) is 10.1. The minimum atomic E-state index is 0.0656. The molecular weight excluding hydrogens is 268 g/mol. The molecule has 1 aromatic carbocycles. The third-order valence-electron chi connectivity index (χ3n) is 3.19. The largest absolute Gasteiger partial charge is 0.298 e. The van der Waals surface area contributed by atoms with E-state index >= 15 is 0 Å². The van der Waals surface area contributed by atoms with Gasteiger partial charge in [0.1, 0.15) is 4.70 Å². The fourth-order valence-corrected chi connectivity index (χ4v) is 3.26. The Labute approximate surface area is 121 Å². The van der Waals surface area contributed by atoms with E-state index in [0.29, 0.717) is 12.5 Å². The van der Waals surface area contributed by atoms with Gasteiger partial charge in [0.05, 0.1) is 11.8 Å². The average Bonchev–Trinajstić information content (AvgIpc) is 2.87. The first-order valence-corrected chi connectivity index (χ1v) is 7.57. The number of rotatable bonds is 3. The van der Waals surface area contributed by atoms with Gasteiger partial charge >= 0.3 is 0 Å². The molecule has 0 N–H and O–H groups in total. The molecule has 2 heterocycles. The highest BCUT2D eigenvalue weighted by Crippen LogP contribution is 2.30. The van der Waals surface area contributed by atoms with E-state index in [0.717, 1.165) is 21.3 Å². The van der Waals surface area contributed by atoms with E-state index in [1.807, 2.05) is 35.7 Å². The van der Waals surface area contributed by atoms with E-state index in [1.54, 1.807) is 10.9 Å². The van der Waals surface area contributed by atoms with Gasteiger partial charge in [0.25, 0.3) is 5.56 Å². The molecule has 0 amide bonds. The summed E-state index contributed by atoms with van der Waals surface area (Å²) in [4.78, 5) is 16.9. The normalized spacial score (nSPS) is 11.3. The van der Waals surface area contributed by atoms with Crippen molar-refractivity contribution < 1.29 is 0 Å². The maximum absolute atomic E-state index is 12.4. The Bertz CT molecular complexity index is 787. The molecule has 0 radical (unpaired) electrons. The van der Waals surface area contributed by atoms with Crippen molar-refractivity contribution in [3.8, 4) is 11.1 Å².